The van der Waals surface area contributed by atoms with Crippen molar-refractivity contribution in [1.29, 1.82) is 0 Å². The van der Waals surface area contributed by atoms with Crippen LogP contribution in [-0.2, 0) is 6.54 Å². The first-order valence-corrected chi connectivity index (χ1v) is 9.85. The van der Waals surface area contributed by atoms with E-state index in [9.17, 15) is 4.79 Å². The molecule has 0 bridgehead atoms. The summed E-state index contributed by atoms with van der Waals surface area (Å²) in [5.74, 6) is 0.964. The summed E-state index contributed by atoms with van der Waals surface area (Å²) in [5.41, 5.74) is 2.92. The predicted octanol–water partition coefficient (Wildman–Crippen LogP) is 4.31. The van der Waals surface area contributed by atoms with Gasteiger partial charge in [0.1, 0.15) is 5.75 Å². The molecule has 0 spiro atoms. The molecule has 1 amide bonds. The molecule has 1 aliphatic heterocycles. The Hall–Kier alpha value is -3.08. The SMILES string of the molecule is CCOc1ccc([C@@H]2CCCN2C(=O)c2ccccc2Cn2cccn2)cc1. The predicted molar refractivity (Wildman–Crippen MR) is 108 cm³/mol. The molecule has 0 saturated carbocycles. The molecule has 2 aromatic carbocycles. The largest absolute Gasteiger partial charge is 0.494 e. The van der Waals surface area contributed by atoms with Gasteiger partial charge in [0, 0.05) is 24.5 Å². The Labute approximate surface area is 165 Å². The van der Waals surface area contributed by atoms with Gasteiger partial charge in [-0.1, -0.05) is 30.3 Å². The number of hydrogen-bond acceptors (Lipinski definition) is 3. The standard InChI is InChI=1S/C23H25N3O2/c1-2-28-20-12-10-18(11-13-20)22-9-5-16-26(22)23(27)21-8-4-3-7-19(21)17-25-15-6-14-24-25/h3-4,6-8,10-15,22H,2,5,9,16-17H2,1H3/t22-/m0/s1. The Morgan fingerprint density at radius 1 is 1.14 bits per heavy atom. The fourth-order valence-corrected chi connectivity index (χ4v) is 3.90. The van der Waals surface area contributed by atoms with Crippen molar-refractivity contribution in [3.05, 3.63) is 83.7 Å². The van der Waals surface area contributed by atoms with Crippen LogP contribution >= 0.6 is 0 Å². The van der Waals surface area contributed by atoms with E-state index in [1.807, 2.05) is 65.2 Å². The van der Waals surface area contributed by atoms with E-state index in [1.54, 1.807) is 6.20 Å². The molecule has 1 saturated heterocycles. The Morgan fingerprint density at radius 2 is 1.96 bits per heavy atom. The number of benzene rings is 2. The summed E-state index contributed by atoms with van der Waals surface area (Å²) < 4.78 is 7.39. The molecule has 0 unspecified atom stereocenters. The zero-order valence-electron chi connectivity index (χ0n) is 16.1. The van der Waals surface area contributed by atoms with Gasteiger partial charge in [-0.25, -0.2) is 0 Å². The van der Waals surface area contributed by atoms with Gasteiger partial charge in [0.2, 0.25) is 0 Å². The van der Waals surface area contributed by atoms with Crippen molar-refractivity contribution < 1.29 is 9.53 Å². The Morgan fingerprint density at radius 3 is 2.71 bits per heavy atom. The molecule has 2 heterocycles. The molecule has 1 atom stereocenters. The van der Waals surface area contributed by atoms with Gasteiger partial charge in [0.15, 0.2) is 0 Å². The normalized spacial score (nSPS) is 16.3. The molecule has 28 heavy (non-hydrogen) atoms. The van der Waals surface area contributed by atoms with Crippen LogP contribution in [0.1, 0.15) is 47.3 Å². The molecule has 3 aromatic rings. The fourth-order valence-electron chi connectivity index (χ4n) is 3.90. The van der Waals surface area contributed by atoms with Crippen LogP contribution in [0.25, 0.3) is 0 Å². The van der Waals surface area contributed by atoms with Crippen LogP contribution in [0, 0.1) is 0 Å². The molecule has 4 rings (SSSR count). The summed E-state index contributed by atoms with van der Waals surface area (Å²) in [6, 6.07) is 18.0. The Balaban J connectivity index is 1.57. The second-order valence-electron chi connectivity index (χ2n) is 7.02. The molecule has 0 aliphatic carbocycles. The van der Waals surface area contributed by atoms with E-state index in [0.717, 1.165) is 36.3 Å². The maximum Gasteiger partial charge on any atom is 0.254 e. The molecular weight excluding hydrogens is 350 g/mol. The summed E-state index contributed by atoms with van der Waals surface area (Å²) in [6.45, 7) is 4.01. The summed E-state index contributed by atoms with van der Waals surface area (Å²) in [6.07, 6.45) is 5.68. The van der Waals surface area contributed by atoms with Crippen LogP contribution < -0.4 is 4.74 Å². The second-order valence-corrected chi connectivity index (χ2v) is 7.02. The van der Waals surface area contributed by atoms with Gasteiger partial charge >= 0.3 is 0 Å². The van der Waals surface area contributed by atoms with Gasteiger partial charge in [0.25, 0.3) is 5.91 Å². The number of nitrogens with zero attached hydrogens (tertiary/aromatic N) is 3. The van der Waals surface area contributed by atoms with E-state index in [4.69, 9.17) is 4.74 Å². The third kappa shape index (κ3) is 3.79. The van der Waals surface area contributed by atoms with Gasteiger partial charge in [-0.15, -0.1) is 0 Å². The smallest absolute Gasteiger partial charge is 0.254 e. The highest BCUT2D eigenvalue weighted by Gasteiger charge is 2.31. The Kier molecular flexibility index (Phi) is 5.42. The lowest BCUT2D eigenvalue weighted by Gasteiger charge is -2.26. The zero-order valence-corrected chi connectivity index (χ0v) is 16.1. The van der Waals surface area contributed by atoms with E-state index >= 15 is 0 Å². The van der Waals surface area contributed by atoms with Crippen LogP contribution in [0.5, 0.6) is 5.75 Å². The van der Waals surface area contributed by atoms with Crippen LogP contribution in [0.4, 0.5) is 0 Å². The molecule has 1 fully saturated rings. The van der Waals surface area contributed by atoms with Crippen molar-refractivity contribution in [2.45, 2.75) is 32.4 Å². The van der Waals surface area contributed by atoms with Crippen molar-refractivity contribution in [3.8, 4) is 5.75 Å². The topological polar surface area (TPSA) is 47.4 Å². The molecule has 5 heteroatoms. The number of likely N-dealkylation sites (tertiary alicyclic amines) is 1. The Bertz CT molecular complexity index is 919. The first-order valence-electron chi connectivity index (χ1n) is 9.85. The highest BCUT2D eigenvalue weighted by atomic mass is 16.5. The third-order valence-electron chi connectivity index (χ3n) is 5.23. The van der Waals surface area contributed by atoms with Crippen LogP contribution in [0.15, 0.2) is 67.0 Å². The minimum Gasteiger partial charge on any atom is -0.494 e. The molecule has 1 aliphatic rings. The van der Waals surface area contributed by atoms with E-state index < -0.39 is 0 Å². The van der Waals surface area contributed by atoms with E-state index in [2.05, 4.69) is 17.2 Å². The second kappa shape index (κ2) is 8.30. The first-order chi connectivity index (χ1) is 13.8. The van der Waals surface area contributed by atoms with Gasteiger partial charge in [-0.2, -0.15) is 5.10 Å². The van der Waals surface area contributed by atoms with E-state index in [0.29, 0.717) is 13.2 Å². The van der Waals surface area contributed by atoms with Crippen molar-refractivity contribution >= 4 is 5.91 Å². The average molecular weight is 375 g/mol. The number of carbonyl (C=O) groups is 1. The number of hydrogen-bond donors (Lipinski definition) is 0. The van der Waals surface area contributed by atoms with Gasteiger partial charge in [-0.3, -0.25) is 9.48 Å². The first kappa shape index (κ1) is 18.3. The molecule has 5 nitrogen and oxygen atoms in total. The lowest BCUT2D eigenvalue weighted by atomic mass is 10.0. The van der Waals surface area contributed by atoms with E-state index in [1.165, 1.54) is 5.56 Å². The minimum absolute atomic E-state index is 0.0964. The van der Waals surface area contributed by atoms with Gasteiger partial charge in [-0.05, 0) is 55.2 Å². The molecule has 0 N–H and O–H groups in total. The fraction of sp³-hybridized carbons (Fsp3) is 0.304. The molecule has 1 aromatic heterocycles. The minimum atomic E-state index is 0.0964. The van der Waals surface area contributed by atoms with Crippen molar-refractivity contribution in [2.75, 3.05) is 13.2 Å². The highest BCUT2D eigenvalue weighted by Crippen LogP contribution is 2.34. The molecular formula is C23H25N3O2. The van der Waals surface area contributed by atoms with Crippen LogP contribution in [0.2, 0.25) is 0 Å². The number of amides is 1. The van der Waals surface area contributed by atoms with Crippen molar-refractivity contribution in [2.24, 2.45) is 0 Å². The van der Waals surface area contributed by atoms with Gasteiger partial charge < -0.3 is 9.64 Å². The van der Waals surface area contributed by atoms with Crippen LogP contribution in [-0.4, -0.2) is 33.7 Å². The quantitative estimate of drug-likeness (QED) is 0.645. The summed E-state index contributed by atoms with van der Waals surface area (Å²) in [4.78, 5) is 15.4. The lowest BCUT2D eigenvalue weighted by Crippen LogP contribution is -2.31. The van der Waals surface area contributed by atoms with Crippen molar-refractivity contribution in [1.82, 2.24) is 14.7 Å². The maximum atomic E-state index is 13.4. The molecule has 0 radical (unpaired) electrons. The van der Waals surface area contributed by atoms with Gasteiger partial charge in [0.05, 0.1) is 19.2 Å². The summed E-state index contributed by atoms with van der Waals surface area (Å²) >= 11 is 0. The molecule has 144 valence electrons. The summed E-state index contributed by atoms with van der Waals surface area (Å²) in [5, 5.41) is 4.28. The van der Waals surface area contributed by atoms with Crippen LogP contribution in [0.3, 0.4) is 0 Å². The highest BCUT2D eigenvalue weighted by molar-refractivity contribution is 5.96. The average Bonchev–Trinajstić information content (AvgIpc) is 3.41. The number of rotatable bonds is 6. The lowest BCUT2D eigenvalue weighted by molar-refractivity contribution is 0.0734. The summed E-state index contributed by atoms with van der Waals surface area (Å²) in [7, 11) is 0. The van der Waals surface area contributed by atoms with Crippen molar-refractivity contribution in [3.63, 3.8) is 0 Å². The monoisotopic (exact) mass is 375 g/mol. The number of ether oxygens (including phenoxy) is 1. The maximum absolute atomic E-state index is 13.4. The van der Waals surface area contributed by atoms with E-state index in [-0.39, 0.29) is 11.9 Å². The third-order valence-corrected chi connectivity index (χ3v) is 5.23. The zero-order chi connectivity index (χ0) is 19.3. The number of carbonyl (C=O) groups excluding carboxylic acids is 1. The number of aromatic nitrogens is 2.